The minimum atomic E-state index is -0.214. The molecule has 3 aromatic rings. The quantitative estimate of drug-likeness (QED) is 0.509. The molecule has 0 aliphatic rings. The van der Waals surface area contributed by atoms with E-state index in [1.54, 1.807) is 37.4 Å². The predicted molar refractivity (Wildman–Crippen MR) is 111 cm³/mol. The van der Waals surface area contributed by atoms with Crippen molar-refractivity contribution in [2.24, 2.45) is 0 Å². The van der Waals surface area contributed by atoms with E-state index in [2.05, 4.69) is 21.2 Å². The molecular formula is C21H17BrClNO3. The summed E-state index contributed by atoms with van der Waals surface area (Å²) in [7, 11) is 1.58. The Bertz CT molecular complexity index is 962. The summed E-state index contributed by atoms with van der Waals surface area (Å²) in [6.07, 6.45) is 0. The SMILES string of the molecule is COc1ccc(C(=O)Nc2ccccc2Br)cc1COc1cccc(Cl)c1. The fourth-order valence-corrected chi connectivity index (χ4v) is 3.07. The molecule has 138 valence electrons. The van der Waals surface area contributed by atoms with E-state index in [-0.39, 0.29) is 12.5 Å². The molecule has 0 spiro atoms. The summed E-state index contributed by atoms with van der Waals surface area (Å²) < 4.78 is 12.0. The molecule has 27 heavy (non-hydrogen) atoms. The summed E-state index contributed by atoms with van der Waals surface area (Å²) in [5.41, 5.74) is 1.98. The zero-order chi connectivity index (χ0) is 19.2. The summed E-state index contributed by atoms with van der Waals surface area (Å²) in [5.74, 6) is 1.08. The molecule has 1 N–H and O–H groups in total. The Morgan fingerprint density at radius 2 is 1.89 bits per heavy atom. The lowest BCUT2D eigenvalue weighted by Gasteiger charge is -2.13. The van der Waals surface area contributed by atoms with Gasteiger partial charge in [-0.2, -0.15) is 0 Å². The summed E-state index contributed by atoms with van der Waals surface area (Å²) in [6.45, 7) is 0.250. The van der Waals surface area contributed by atoms with Gasteiger partial charge in [0.1, 0.15) is 18.1 Å². The molecular weight excluding hydrogens is 430 g/mol. The molecule has 0 radical (unpaired) electrons. The maximum absolute atomic E-state index is 12.6. The van der Waals surface area contributed by atoms with Crippen LogP contribution in [0.25, 0.3) is 0 Å². The smallest absolute Gasteiger partial charge is 0.255 e. The molecule has 0 bridgehead atoms. The van der Waals surface area contributed by atoms with Crippen LogP contribution in [-0.2, 0) is 6.61 Å². The standard InChI is InChI=1S/C21H17BrClNO3/c1-26-20-10-9-14(21(25)24-19-8-3-2-7-18(19)22)11-15(20)13-27-17-6-4-5-16(23)12-17/h2-12H,13H2,1H3,(H,24,25). The average Bonchev–Trinajstić information content (AvgIpc) is 2.68. The first-order valence-corrected chi connectivity index (χ1v) is 9.35. The van der Waals surface area contributed by atoms with Gasteiger partial charge in [-0.05, 0) is 64.5 Å². The number of para-hydroxylation sites is 1. The number of methoxy groups -OCH3 is 1. The molecule has 0 aliphatic heterocycles. The summed E-state index contributed by atoms with van der Waals surface area (Å²) in [6, 6.07) is 19.8. The number of anilines is 1. The molecule has 1 amide bonds. The molecule has 6 heteroatoms. The maximum atomic E-state index is 12.6. The van der Waals surface area contributed by atoms with Crippen LogP contribution in [0, 0.1) is 0 Å². The van der Waals surface area contributed by atoms with Gasteiger partial charge in [-0.3, -0.25) is 4.79 Å². The second kappa shape index (κ2) is 8.93. The minimum Gasteiger partial charge on any atom is -0.496 e. The molecule has 0 atom stereocenters. The number of nitrogens with one attached hydrogen (secondary N) is 1. The second-order valence-electron chi connectivity index (χ2n) is 5.71. The van der Waals surface area contributed by atoms with Crippen LogP contribution in [0.4, 0.5) is 5.69 Å². The van der Waals surface area contributed by atoms with Crippen LogP contribution >= 0.6 is 27.5 Å². The van der Waals surface area contributed by atoms with Gasteiger partial charge in [0.25, 0.3) is 5.91 Å². The number of benzene rings is 3. The third-order valence-electron chi connectivity index (χ3n) is 3.86. The van der Waals surface area contributed by atoms with Gasteiger partial charge in [0.05, 0.1) is 12.8 Å². The van der Waals surface area contributed by atoms with E-state index in [1.807, 2.05) is 36.4 Å². The minimum absolute atomic E-state index is 0.214. The van der Waals surface area contributed by atoms with Crippen molar-refractivity contribution >= 4 is 39.1 Å². The number of hydrogen-bond acceptors (Lipinski definition) is 3. The van der Waals surface area contributed by atoms with Crippen LogP contribution < -0.4 is 14.8 Å². The van der Waals surface area contributed by atoms with Gasteiger partial charge >= 0.3 is 0 Å². The molecule has 3 rings (SSSR count). The number of hydrogen-bond donors (Lipinski definition) is 1. The molecule has 0 aromatic heterocycles. The predicted octanol–water partition coefficient (Wildman–Crippen LogP) is 5.94. The number of carbonyl (C=O) groups excluding carboxylic acids is 1. The number of rotatable bonds is 6. The van der Waals surface area contributed by atoms with Crippen LogP contribution in [-0.4, -0.2) is 13.0 Å². The van der Waals surface area contributed by atoms with Gasteiger partial charge in [-0.25, -0.2) is 0 Å². The van der Waals surface area contributed by atoms with E-state index in [4.69, 9.17) is 21.1 Å². The Morgan fingerprint density at radius 3 is 2.63 bits per heavy atom. The van der Waals surface area contributed by atoms with Gasteiger partial charge in [0.15, 0.2) is 0 Å². The Morgan fingerprint density at radius 1 is 1.07 bits per heavy atom. The first kappa shape index (κ1) is 19.3. The first-order valence-electron chi connectivity index (χ1n) is 8.18. The highest BCUT2D eigenvalue weighted by atomic mass is 79.9. The highest BCUT2D eigenvalue weighted by molar-refractivity contribution is 9.10. The van der Waals surface area contributed by atoms with E-state index in [1.165, 1.54) is 0 Å². The van der Waals surface area contributed by atoms with Crippen molar-refractivity contribution in [3.8, 4) is 11.5 Å². The third kappa shape index (κ3) is 5.02. The third-order valence-corrected chi connectivity index (χ3v) is 4.78. The van der Waals surface area contributed by atoms with E-state index in [9.17, 15) is 4.79 Å². The number of ether oxygens (including phenoxy) is 2. The van der Waals surface area contributed by atoms with Gasteiger partial charge in [-0.1, -0.05) is 29.8 Å². The van der Waals surface area contributed by atoms with E-state index in [0.29, 0.717) is 27.8 Å². The second-order valence-corrected chi connectivity index (χ2v) is 7.00. The zero-order valence-corrected chi connectivity index (χ0v) is 16.9. The summed E-state index contributed by atoms with van der Waals surface area (Å²) in [4.78, 5) is 12.6. The lowest BCUT2D eigenvalue weighted by Crippen LogP contribution is -2.13. The van der Waals surface area contributed by atoms with Crippen LogP contribution in [0.1, 0.15) is 15.9 Å². The highest BCUT2D eigenvalue weighted by Gasteiger charge is 2.12. The van der Waals surface area contributed by atoms with Crippen molar-refractivity contribution in [1.82, 2.24) is 0 Å². The number of carbonyl (C=O) groups is 1. The molecule has 0 unspecified atom stereocenters. The molecule has 0 fully saturated rings. The average molecular weight is 447 g/mol. The maximum Gasteiger partial charge on any atom is 0.255 e. The first-order chi connectivity index (χ1) is 13.1. The number of amides is 1. The molecule has 0 saturated heterocycles. The topological polar surface area (TPSA) is 47.6 Å². The molecule has 0 heterocycles. The van der Waals surface area contributed by atoms with Crippen molar-refractivity contribution in [3.05, 3.63) is 87.4 Å². The van der Waals surface area contributed by atoms with Crippen LogP contribution in [0.2, 0.25) is 5.02 Å². The Labute approximate surface area is 171 Å². The normalized spacial score (nSPS) is 10.3. The summed E-state index contributed by atoms with van der Waals surface area (Å²) >= 11 is 9.41. The lowest BCUT2D eigenvalue weighted by molar-refractivity contribution is 0.102. The molecule has 0 saturated carbocycles. The van der Waals surface area contributed by atoms with Gasteiger partial charge in [0.2, 0.25) is 0 Å². The Kier molecular flexibility index (Phi) is 6.37. The lowest BCUT2D eigenvalue weighted by atomic mass is 10.1. The fourth-order valence-electron chi connectivity index (χ4n) is 2.51. The van der Waals surface area contributed by atoms with Crippen molar-refractivity contribution in [2.45, 2.75) is 6.61 Å². The van der Waals surface area contributed by atoms with Crippen LogP contribution in [0.3, 0.4) is 0 Å². The van der Waals surface area contributed by atoms with Crippen LogP contribution in [0.5, 0.6) is 11.5 Å². The molecule has 3 aromatic carbocycles. The molecule has 0 aliphatic carbocycles. The number of halogens is 2. The Hall–Kier alpha value is -2.50. The van der Waals surface area contributed by atoms with Crippen molar-refractivity contribution in [1.29, 1.82) is 0 Å². The Balaban J connectivity index is 1.78. The largest absolute Gasteiger partial charge is 0.496 e. The zero-order valence-electron chi connectivity index (χ0n) is 14.5. The monoisotopic (exact) mass is 445 g/mol. The fraction of sp³-hybridized carbons (Fsp3) is 0.0952. The van der Waals surface area contributed by atoms with Crippen molar-refractivity contribution < 1.29 is 14.3 Å². The van der Waals surface area contributed by atoms with E-state index in [0.717, 1.165) is 10.0 Å². The van der Waals surface area contributed by atoms with E-state index < -0.39 is 0 Å². The van der Waals surface area contributed by atoms with E-state index >= 15 is 0 Å². The van der Waals surface area contributed by atoms with Crippen molar-refractivity contribution in [2.75, 3.05) is 12.4 Å². The van der Waals surface area contributed by atoms with Crippen molar-refractivity contribution in [3.63, 3.8) is 0 Å². The molecule has 4 nitrogen and oxygen atoms in total. The van der Waals surface area contributed by atoms with Crippen LogP contribution in [0.15, 0.2) is 71.2 Å². The van der Waals surface area contributed by atoms with Gasteiger partial charge in [0, 0.05) is 20.6 Å². The highest BCUT2D eigenvalue weighted by Crippen LogP contribution is 2.25. The summed E-state index contributed by atoms with van der Waals surface area (Å²) in [5, 5.41) is 3.49. The van der Waals surface area contributed by atoms with Gasteiger partial charge < -0.3 is 14.8 Å². The van der Waals surface area contributed by atoms with Gasteiger partial charge in [-0.15, -0.1) is 0 Å².